The van der Waals surface area contributed by atoms with Gasteiger partial charge in [-0.1, -0.05) is 25.0 Å². The molecule has 0 saturated heterocycles. The number of ether oxygens (including phenoxy) is 1. The van der Waals surface area contributed by atoms with Crippen molar-refractivity contribution >= 4 is 12.0 Å². The van der Waals surface area contributed by atoms with E-state index >= 15 is 0 Å². The van der Waals surface area contributed by atoms with Crippen molar-refractivity contribution in [1.29, 1.82) is 0 Å². The van der Waals surface area contributed by atoms with Crippen LogP contribution in [0.3, 0.4) is 0 Å². The Labute approximate surface area is 119 Å². The van der Waals surface area contributed by atoms with Crippen LogP contribution in [0.15, 0.2) is 30.3 Å². The van der Waals surface area contributed by atoms with E-state index < -0.39 is 5.54 Å². The summed E-state index contributed by atoms with van der Waals surface area (Å²) in [6.07, 6.45) is 7.06. The third kappa shape index (κ3) is 3.61. The van der Waals surface area contributed by atoms with Gasteiger partial charge in [-0.3, -0.25) is 4.79 Å². The number of aliphatic hydroxyl groups excluding tert-OH is 1. The van der Waals surface area contributed by atoms with Crippen LogP contribution < -0.4 is 10.1 Å². The van der Waals surface area contributed by atoms with Crippen LogP contribution in [0.4, 0.5) is 0 Å². The van der Waals surface area contributed by atoms with Crippen LogP contribution in [0.5, 0.6) is 5.75 Å². The highest BCUT2D eigenvalue weighted by Crippen LogP contribution is 2.29. The summed E-state index contributed by atoms with van der Waals surface area (Å²) < 4.78 is 5.14. The van der Waals surface area contributed by atoms with Gasteiger partial charge in [-0.05, 0) is 36.6 Å². The van der Waals surface area contributed by atoms with Crippen LogP contribution in [0.1, 0.15) is 31.2 Å². The number of rotatable bonds is 5. The Bertz CT molecular complexity index is 490. The first-order valence-electron chi connectivity index (χ1n) is 6.93. The van der Waals surface area contributed by atoms with E-state index in [9.17, 15) is 9.90 Å². The minimum atomic E-state index is -0.421. The predicted octanol–water partition coefficient (Wildman–Crippen LogP) is 2.13. The van der Waals surface area contributed by atoms with Crippen molar-refractivity contribution in [2.24, 2.45) is 0 Å². The zero-order chi connectivity index (χ0) is 14.4. The summed E-state index contributed by atoms with van der Waals surface area (Å²) in [6.45, 7) is 0.00569. The number of hydrogen-bond acceptors (Lipinski definition) is 3. The lowest BCUT2D eigenvalue weighted by Crippen LogP contribution is -2.48. The van der Waals surface area contributed by atoms with Crippen LogP contribution in [0, 0.1) is 0 Å². The fourth-order valence-corrected chi connectivity index (χ4v) is 2.59. The Balaban J connectivity index is 1.98. The molecule has 1 aliphatic carbocycles. The number of carbonyl (C=O) groups is 1. The van der Waals surface area contributed by atoms with E-state index in [0.717, 1.165) is 37.0 Å². The quantitative estimate of drug-likeness (QED) is 0.809. The number of nitrogens with one attached hydrogen (secondary N) is 1. The molecule has 1 amide bonds. The van der Waals surface area contributed by atoms with Crippen molar-refractivity contribution in [3.05, 3.63) is 35.9 Å². The molecule has 0 bridgehead atoms. The van der Waals surface area contributed by atoms with Crippen molar-refractivity contribution in [2.45, 2.75) is 31.2 Å². The highest BCUT2D eigenvalue weighted by Gasteiger charge is 2.33. The fraction of sp³-hybridized carbons (Fsp3) is 0.438. The molecule has 20 heavy (non-hydrogen) atoms. The fourth-order valence-electron chi connectivity index (χ4n) is 2.59. The SMILES string of the molecule is COc1cccc(/C=C/C(=O)NC2(CO)CCCC2)c1. The molecule has 4 heteroatoms. The van der Waals surface area contributed by atoms with Gasteiger partial charge in [0, 0.05) is 6.08 Å². The molecule has 1 fully saturated rings. The van der Waals surface area contributed by atoms with Crippen LogP contribution >= 0.6 is 0 Å². The Morgan fingerprint density at radius 2 is 2.20 bits per heavy atom. The zero-order valence-electron chi connectivity index (χ0n) is 11.8. The lowest BCUT2D eigenvalue weighted by molar-refractivity contribution is -0.118. The number of benzene rings is 1. The van der Waals surface area contributed by atoms with Gasteiger partial charge in [-0.25, -0.2) is 0 Å². The number of hydrogen-bond donors (Lipinski definition) is 2. The topological polar surface area (TPSA) is 58.6 Å². The minimum Gasteiger partial charge on any atom is -0.497 e. The van der Waals surface area contributed by atoms with Gasteiger partial charge in [-0.2, -0.15) is 0 Å². The first-order valence-corrected chi connectivity index (χ1v) is 6.93. The average molecular weight is 275 g/mol. The number of aliphatic hydroxyl groups is 1. The lowest BCUT2D eigenvalue weighted by atomic mass is 9.99. The summed E-state index contributed by atoms with van der Waals surface area (Å²) in [5.41, 5.74) is 0.486. The smallest absolute Gasteiger partial charge is 0.244 e. The third-order valence-corrected chi connectivity index (χ3v) is 3.77. The summed E-state index contributed by atoms with van der Waals surface area (Å²) in [6, 6.07) is 7.50. The van der Waals surface area contributed by atoms with E-state index in [0.29, 0.717) is 0 Å². The Kier molecular flexibility index (Phi) is 4.79. The van der Waals surface area contributed by atoms with Crippen LogP contribution in [-0.2, 0) is 4.79 Å². The highest BCUT2D eigenvalue weighted by atomic mass is 16.5. The van der Waals surface area contributed by atoms with Gasteiger partial charge >= 0.3 is 0 Å². The molecule has 1 saturated carbocycles. The van der Waals surface area contributed by atoms with Crippen molar-refractivity contribution in [1.82, 2.24) is 5.32 Å². The first-order chi connectivity index (χ1) is 9.67. The molecule has 0 aromatic heterocycles. The van der Waals surface area contributed by atoms with Crippen LogP contribution in [-0.4, -0.2) is 30.3 Å². The Morgan fingerprint density at radius 3 is 2.85 bits per heavy atom. The van der Waals surface area contributed by atoms with Crippen molar-refractivity contribution < 1.29 is 14.6 Å². The number of methoxy groups -OCH3 is 1. The maximum atomic E-state index is 12.0. The molecule has 4 nitrogen and oxygen atoms in total. The standard InChI is InChI=1S/C16H21NO3/c1-20-14-6-4-5-13(11-14)7-8-15(19)17-16(12-18)9-2-3-10-16/h4-8,11,18H,2-3,9-10,12H2,1H3,(H,17,19)/b8-7+. The Morgan fingerprint density at radius 1 is 1.45 bits per heavy atom. The van der Waals surface area contributed by atoms with Gasteiger partial charge in [0.15, 0.2) is 0 Å². The van der Waals surface area contributed by atoms with Gasteiger partial charge in [0.1, 0.15) is 5.75 Å². The van der Waals surface area contributed by atoms with Gasteiger partial charge in [0.05, 0.1) is 19.3 Å². The lowest BCUT2D eigenvalue weighted by Gasteiger charge is -2.27. The summed E-state index contributed by atoms with van der Waals surface area (Å²) in [5.74, 6) is 0.596. The third-order valence-electron chi connectivity index (χ3n) is 3.77. The highest BCUT2D eigenvalue weighted by molar-refractivity contribution is 5.92. The van der Waals surface area contributed by atoms with Crippen LogP contribution in [0.25, 0.3) is 6.08 Å². The van der Waals surface area contributed by atoms with Gasteiger partial charge in [0.2, 0.25) is 5.91 Å². The first kappa shape index (κ1) is 14.6. The average Bonchev–Trinajstić information content (AvgIpc) is 2.94. The van der Waals surface area contributed by atoms with Crippen LogP contribution in [0.2, 0.25) is 0 Å². The maximum absolute atomic E-state index is 12.0. The molecule has 0 heterocycles. The second kappa shape index (κ2) is 6.57. The van der Waals surface area contributed by atoms with Crippen molar-refractivity contribution in [2.75, 3.05) is 13.7 Å². The molecule has 2 N–H and O–H groups in total. The van der Waals surface area contributed by atoms with Gasteiger partial charge in [-0.15, -0.1) is 0 Å². The van der Waals surface area contributed by atoms with E-state index in [2.05, 4.69) is 5.32 Å². The molecule has 0 atom stereocenters. The van der Waals surface area contributed by atoms with Crippen molar-refractivity contribution in [3.8, 4) is 5.75 Å². The molecule has 1 aromatic rings. The van der Waals surface area contributed by atoms with E-state index in [-0.39, 0.29) is 12.5 Å². The van der Waals surface area contributed by atoms with E-state index in [1.807, 2.05) is 24.3 Å². The maximum Gasteiger partial charge on any atom is 0.244 e. The molecular formula is C16H21NO3. The molecule has 2 rings (SSSR count). The molecule has 1 aliphatic rings. The second-order valence-electron chi connectivity index (χ2n) is 5.24. The van der Waals surface area contributed by atoms with E-state index in [4.69, 9.17) is 4.74 Å². The monoisotopic (exact) mass is 275 g/mol. The molecule has 108 valence electrons. The summed E-state index contributed by atoms with van der Waals surface area (Å²) in [5, 5.41) is 12.4. The molecule has 0 spiro atoms. The normalized spacial score (nSPS) is 17.3. The second-order valence-corrected chi connectivity index (χ2v) is 5.24. The Hall–Kier alpha value is -1.81. The largest absolute Gasteiger partial charge is 0.497 e. The molecule has 0 unspecified atom stereocenters. The summed E-state index contributed by atoms with van der Waals surface area (Å²) >= 11 is 0. The molecular weight excluding hydrogens is 254 g/mol. The summed E-state index contributed by atoms with van der Waals surface area (Å²) in [7, 11) is 1.61. The summed E-state index contributed by atoms with van der Waals surface area (Å²) in [4.78, 5) is 12.0. The molecule has 0 aliphatic heterocycles. The number of carbonyl (C=O) groups excluding carboxylic acids is 1. The molecule has 1 aromatic carbocycles. The van der Waals surface area contributed by atoms with Gasteiger partial charge in [0.25, 0.3) is 0 Å². The van der Waals surface area contributed by atoms with Gasteiger partial charge < -0.3 is 15.2 Å². The minimum absolute atomic E-state index is 0.00569. The predicted molar refractivity (Wildman–Crippen MR) is 78.5 cm³/mol. The zero-order valence-corrected chi connectivity index (χ0v) is 11.8. The molecule has 0 radical (unpaired) electrons. The van der Waals surface area contributed by atoms with E-state index in [1.54, 1.807) is 13.2 Å². The number of amides is 1. The van der Waals surface area contributed by atoms with Crippen molar-refractivity contribution in [3.63, 3.8) is 0 Å². The van der Waals surface area contributed by atoms with E-state index in [1.165, 1.54) is 6.08 Å².